The molecule has 0 spiro atoms. The zero-order valence-corrected chi connectivity index (χ0v) is 23.8. The molecular formula is C31H42N2O8. The van der Waals surface area contributed by atoms with Crippen LogP contribution in [0.2, 0.25) is 0 Å². The number of aromatic hydroxyl groups is 1. The minimum absolute atomic E-state index is 0.0148. The second kappa shape index (κ2) is 16.1. The number of hydrogen-bond donors (Lipinski definition) is 6. The summed E-state index contributed by atoms with van der Waals surface area (Å²) in [6, 6.07) is 10.5. The smallest absolute Gasteiger partial charge is 0.342 e. The summed E-state index contributed by atoms with van der Waals surface area (Å²) in [7, 11) is 1.59. The number of nitrogens with one attached hydrogen (secondary N) is 2. The third kappa shape index (κ3) is 9.58. The van der Waals surface area contributed by atoms with Crippen LogP contribution in [0.4, 0.5) is 5.69 Å². The Labute approximate surface area is 241 Å². The highest BCUT2D eigenvalue weighted by Gasteiger charge is 2.27. The zero-order chi connectivity index (χ0) is 29.8. The Morgan fingerprint density at radius 2 is 1.80 bits per heavy atom. The largest absolute Gasteiger partial charge is 0.507 e. The molecule has 41 heavy (non-hydrogen) atoms. The van der Waals surface area contributed by atoms with Gasteiger partial charge in [0, 0.05) is 37.3 Å². The normalized spacial score (nSPS) is 23.4. The maximum atomic E-state index is 13.2. The Hall–Kier alpha value is -3.41. The second-order valence-corrected chi connectivity index (χ2v) is 10.0. The molecule has 5 atom stereocenters. The van der Waals surface area contributed by atoms with Gasteiger partial charge in [-0.25, -0.2) is 4.79 Å². The highest BCUT2D eigenvalue weighted by Crippen LogP contribution is 2.30. The van der Waals surface area contributed by atoms with Crippen molar-refractivity contribution in [1.29, 1.82) is 0 Å². The van der Waals surface area contributed by atoms with Crippen molar-refractivity contribution >= 4 is 17.7 Å². The van der Waals surface area contributed by atoms with Gasteiger partial charge in [0.25, 0.3) is 0 Å². The van der Waals surface area contributed by atoms with Gasteiger partial charge < -0.3 is 45.3 Å². The number of phenolic OH excluding ortho intramolecular Hbond substituents is 1. The summed E-state index contributed by atoms with van der Waals surface area (Å²) in [5, 5.41) is 47.7. The van der Waals surface area contributed by atoms with Crippen LogP contribution in [0.5, 0.6) is 11.5 Å². The van der Waals surface area contributed by atoms with Crippen molar-refractivity contribution in [3.63, 3.8) is 0 Å². The van der Waals surface area contributed by atoms with E-state index in [2.05, 4.69) is 10.6 Å². The summed E-state index contributed by atoms with van der Waals surface area (Å²) in [5.74, 6) is -0.444. The predicted molar refractivity (Wildman–Crippen MR) is 157 cm³/mol. The third-order valence-corrected chi connectivity index (χ3v) is 6.92. The molecule has 10 nitrogen and oxygen atoms in total. The molecule has 3 rings (SSSR count). The molecule has 0 aromatic heterocycles. The highest BCUT2D eigenvalue weighted by molar-refractivity contribution is 5.97. The van der Waals surface area contributed by atoms with E-state index in [0.717, 1.165) is 11.3 Å². The van der Waals surface area contributed by atoms with Crippen LogP contribution in [0.15, 0.2) is 54.6 Å². The molecule has 0 saturated heterocycles. The van der Waals surface area contributed by atoms with Crippen LogP contribution in [0.25, 0.3) is 6.08 Å². The number of aliphatic hydroxyl groups excluding tert-OH is 3. The van der Waals surface area contributed by atoms with Gasteiger partial charge in [-0.1, -0.05) is 43.4 Å². The van der Waals surface area contributed by atoms with Gasteiger partial charge in [-0.15, -0.1) is 0 Å². The monoisotopic (exact) mass is 570 g/mol. The number of phenols is 1. The number of hydrogen-bond acceptors (Lipinski definition) is 10. The van der Waals surface area contributed by atoms with Gasteiger partial charge in [-0.2, -0.15) is 0 Å². The molecule has 224 valence electrons. The van der Waals surface area contributed by atoms with Crippen molar-refractivity contribution in [2.24, 2.45) is 5.92 Å². The molecule has 2 aromatic rings. The number of benzene rings is 2. The fourth-order valence-electron chi connectivity index (χ4n) is 4.26. The molecule has 1 heterocycles. The molecule has 0 fully saturated rings. The number of ether oxygens (including phenoxy) is 3. The van der Waals surface area contributed by atoms with Crippen LogP contribution in [-0.4, -0.2) is 84.2 Å². The van der Waals surface area contributed by atoms with Gasteiger partial charge in [-0.05, 0) is 42.7 Å². The van der Waals surface area contributed by atoms with Crippen LogP contribution in [0, 0.1) is 5.92 Å². The van der Waals surface area contributed by atoms with Crippen LogP contribution in [0.1, 0.15) is 41.8 Å². The molecule has 0 bridgehead atoms. The number of methoxy groups -OCH3 is 1. The SMILES string of the molecule is COc1ccc(CO[C@@H]2C=C[C@@H](C)[C@H](C)OC(=O)c3c(O)cc(NCCNCCO)cc3C=CC[C@H](O)[C@@H]2O)cc1. The molecule has 0 unspecified atom stereocenters. The first-order valence-electron chi connectivity index (χ1n) is 13.8. The van der Waals surface area contributed by atoms with E-state index in [4.69, 9.17) is 19.3 Å². The standard InChI is InChI=1S/C31H42N2O8/c1-20-7-12-28(40-19-22-8-10-25(39-3)11-9-22)30(37)26(35)6-4-5-23-17-24(33-14-13-32-15-16-34)18-27(36)29(23)31(38)41-21(20)2/h4-5,7-12,17-18,20-21,26,28,30,32-37H,6,13-16,19H2,1-3H3/t20-,21+,26+,28-,30+/m1/s1. The number of rotatable bonds is 10. The topological polar surface area (TPSA) is 150 Å². The zero-order valence-electron chi connectivity index (χ0n) is 23.8. The Bertz CT molecular complexity index is 1170. The average molecular weight is 571 g/mol. The van der Waals surface area contributed by atoms with Crippen molar-refractivity contribution < 1.29 is 39.4 Å². The molecule has 1 aliphatic rings. The number of cyclic esters (lactones) is 1. The summed E-state index contributed by atoms with van der Waals surface area (Å²) < 4.78 is 16.9. The van der Waals surface area contributed by atoms with Crippen molar-refractivity contribution in [2.45, 2.75) is 51.3 Å². The van der Waals surface area contributed by atoms with Crippen LogP contribution in [0.3, 0.4) is 0 Å². The van der Waals surface area contributed by atoms with E-state index in [1.807, 2.05) is 31.2 Å². The Kier molecular flexibility index (Phi) is 12.6. The van der Waals surface area contributed by atoms with Crippen molar-refractivity contribution in [3.05, 3.63) is 71.3 Å². The van der Waals surface area contributed by atoms with Gasteiger partial charge in [0.2, 0.25) is 0 Å². The Balaban J connectivity index is 1.83. The summed E-state index contributed by atoms with van der Waals surface area (Å²) in [4.78, 5) is 13.2. The molecule has 10 heteroatoms. The van der Waals surface area contributed by atoms with Gasteiger partial charge >= 0.3 is 5.97 Å². The summed E-state index contributed by atoms with van der Waals surface area (Å²) in [5.41, 5.74) is 1.88. The lowest BCUT2D eigenvalue weighted by Crippen LogP contribution is -2.38. The van der Waals surface area contributed by atoms with E-state index in [1.54, 1.807) is 44.4 Å². The van der Waals surface area contributed by atoms with E-state index in [-0.39, 0.29) is 36.9 Å². The van der Waals surface area contributed by atoms with Crippen molar-refractivity contribution in [3.8, 4) is 11.5 Å². The molecule has 0 saturated carbocycles. The molecule has 1 aliphatic heterocycles. The highest BCUT2D eigenvalue weighted by atomic mass is 16.5. The Morgan fingerprint density at radius 3 is 2.51 bits per heavy atom. The van der Waals surface area contributed by atoms with Gasteiger partial charge in [0.1, 0.15) is 35.4 Å². The summed E-state index contributed by atoms with van der Waals surface area (Å²) >= 11 is 0. The van der Waals surface area contributed by atoms with Crippen LogP contribution < -0.4 is 15.4 Å². The maximum Gasteiger partial charge on any atom is 0.342 e. The number of carbonyl (C=O) groups is 1. The third-order valence-electron chi connectivity index (χ3n) is 6.92. The van der Waals surface area contributed by atoms with Gasteiger partial charge in [-0.3, -0.25) is 0 Å². The van der Waals surface area contributed by atoms with E-state index in [1.165, 1.54) is 6.07 Å². The first-order valence-corrected chi connectivity index (χ1v) is 13.8. The van der Waals surface area contributed by atoms with Crippen molar-refractivity contribution in [2.75, 3.05) is 38.7 Å². The number of carbonyl (C=O) groups excluding carboxylic acids is 1. The van der Waals surface area contributed by atoms with Crippen molar-refractivity contribution in [1.82, 2.24) is 5.32 Å². The van der Waals surface area contributed by atoms with Crippen LogP contribution in [-0.2, 0) is 16.1 Å². The van der Waals surface area contributed by atoms with Crippen LogP contribution >= 0.6 is 0 Å². The molecule has 0 aliphatic carbocycles. The average Bonchev–Trinajstić information content (AvgIpc) is 2.96. The first kappa shape index (κ1) is 32.1. The minimum atomic E-state index is -1.23. The quantitative estimate of drug-likeness (QED) is 0.143. The number of anilines is 1. The van der Waals surface area contributed by atoms with E-state index in [0.29, 0.717) is 30.9 Å². The lowest BCUT2D eigenvalue weighted by atomic mass is 9.98. The van der Waals surface area contributed by atoms with E-state index < -0.39 is 30.4 Å². The van der Waals surface area contributed by atoms with E-state index in [9.17, 15) is 20.1 Å². The second-order valence-electron chi connectivity index (χ2n) is 10.0. The maximum absolute atomic E-state index is 13.2. The lowest BCUT2D eigenvalue weighted by Gasteiger charge is -2.26. The molecule has 2 aromatic carbocycles. The minimum Gasteiger partial charge on any atom is -0.507 e. The fourth-order valence-corrected chi connectivity index (χ4v) is 4.26. The van der Waals surface area contributed by atoms with Gasteiger partial charge in [0.15, 0.2) is 0 Å². The number of esters is 1. The van der Waals surface area contributed by atoms with E-state index >= 15 is 0 Å². The lowest BCUT2D eigenvalue weighted by molar-refractivity contribution is -0.0741. The molecule has 0 amide bonds. The first-order chi connectivity index (χ1) is 19.7. The Morgan fingerprint density at radius 1 is 1.05 bits per heavy atom. The van der Waals surface area contributed by atoms with Gasteiger partial charge in [0.05, 0.1) is 26.4 Å². The summed E-state index contributed by atoms with van der Waals surface area (Å²) in [6.07, 6.45) is 3.02. The molecule has 0 radical (unpaired) electrons. The number of fused-ring (bicyclic) bond motifs is 1. The predicted octanol–water partition coefficient (Wildman–Crippen LogP) is 2.86. The number of aliphatic hydroxyl groups is 3. The summed E-state index contributed by atoms with van der Waals surface area (Å²) in [6.45, 7) is 5.44. The fraction of sp³-hybridized carbons (Fsp3) is 0.452. The molecular weight excluding hydrogens is 528 g/mol. The molecule has 6 N–H and O–H groups in total.